The van der Waals surface area contributed by atoms with Crippen molar-refractivity contribution in [2.24, 2.45) is 11.7 Å². The fraction of sp³-hybridized carbons (Fsp3) is 0.900. The van der Waals surface area contributed by atoms with Crippen molar-refractivity contribution < 1.29 is 4.79 Å². The lowest BCUT2D eigenvalue weighted by atomic mass is 10.1. The van der Waals surface area contributed by atoms with Crippen LogP contribution in [0.5, 0.6) is 0 Å². The van der Waals surface area contributed by atoms with Gasteiger partial charge in [-0.3, -0.25) is 4.79 Å². The molecule has 3 nitrogen and oxygen atoms in total. The highest BCUT2D eigenvalue weighted by Crippen LogP contribution is 2.27. The van der Waals surface area contributed by atoms with E-state index in [2.05, 4.69) is 0 Å². The third-order valence-corrected chi connectivity index (χ3v) is 3.24. The van der Waals surface area contributed by atoms with E-state index >= 15 is 0 Å². The van der Waals surface area contributed by atoms with E-state index in [1.807, 2.05) is 4.90 Å². The lowest BCUT2D eigenvalue weighted by Crippen LogP contribution is -2.33. The Morgan fingerprint density at radius 2 is 1.92 bits per heavy atom. The molecule has 0 aromatic carbocycles. The molecule has 2 N–H and O–H groups in total. The molecule has 1 amide bonds. The van der Waals surface area contributed by atoms with Crippen LogP contribution in [0.25, 0.3) is 0 Å². The summed E-state index contributed by atoms with van der Waals surface area (Å²) in [6.45, 7) is 1.95. The van der Waals surface area contributed by atoms with E-state index in [0.717, 1.165) is 32.4 Å². The van der Waals surface area contributed by atoms with Gasteiger partial charge in [-0.15, -0.1) is 0 Å². The molecule has 1 aliphatic carbocycles. The first-order chi connectivity index (χ1) is 6.27. The Kier molecular flexibility index (Phi) is 2.54. The standard InChI is InChI=1S/C10H18N2O/c11-9-4-3-8(7-9)10(13)12-5-1-2-6-12/h8-9H,1-7,11H2/t8-,9-/m0/s1. The van der Waals surface area contributed by atoms with Gasteiger partial charge in [-0.1, -0.05) is 0 Å². The van der Waals surface area contributed by atoms with Gasteiger partial charge < -0.3 is 10.6 Å². The number of carbonyl (C=O) groups excluding carboxylic acids is 1. The molecule has 1 aliphatic heterocycles. The van der Waals surface area contributed by atoms with E-state index in [1.165, 1.54) is 12.8 Å². The summed E-state index contributed by atoms with van der Waals surface area (Å²) in [5.74, 6) is 0.610. The number of rotatable bonds is 1. The highest BCUT2D eigenvalue weighted by molar-refractivity contribution is 5.79. The Balaban J connectivity index is 1.89. The van der Waals surface area contributed by atoms with Crippen molar-refractivity contribution in [2.45, 2.75) is 38.1 Å². The van der Waals surface area contributed by atoms with Crippen molar-refractivity contribution in [1.29, 1.82) is 0 Å². The Hall–Kier alpha value is -0.570. The van der Waals surface area contributed by atoms with Crippen LogP contribution in [0.2, 0.25) is 0 Å². The highest BCUT2D eigenvalue weighted by atomic mass is 16.2. The second-order valence-electron chi connectivity index (χ2n) is 4.30. The number of nitrogens with two attached hydrogens (primary N) is 1. The van der Waals surface area contributed by atoms with E-state index < -0.39 is 0 Å². The van der Waals surface area contributed by atoms with E-state index in [0.29, 0.717) is 5.91 Å². The molecular weight excluding hydrogens is 164 g/mol. The number of carbonyl (C=O) groups is 1. The molecular formula is C10H18N2O. The van der Waals surface area contributed by atoms with Gasteiger partial charge in [0.05, 0.1) is 0 Å². The van der Waals surface area contributed by atoms with Gasteiger partial charge in [0.15, 0.2) is 0 Å². The predicted molar refractivity (Wildman–Crippen MR) is 51.1 cm³/mol. The van der Waals surface area contributed by atoms with Crippen LogP contribution in [-0.2, 0) is 4.79 Å². The van der Waals surface area contributed by atoms with Crippen LogP contribution in [-0.4, -0.2) is 29.9 Å². The summed E-state index contributed by atoms with van der Waals surface area (Å²) in [5, 5.41) is 0. The number of hydrogen-bond acceptors (Lipinski definition) is 2. The molecule has 0 aromatic rings. The maximum atomic E-state index is 11.9. The summed E-state index contributed by atoms with van der Waals surface area (Å²) < 4.78 is 0. The molecule has 1 saturated heterocycles. The van der Waals surface area contributed by atoms with Crippen molar-refractivity contribution in [2.75, 3.05) is 13.1 Å². The van der Waals surface area contributed by atoms with Crippen LogP contribution in [0.4, 0.5) is 0 Å². The van der Waals surface area contributed by atoms with Crippen LogP contribution in [0.1, 0.15) is 32.1 Å². The van der Waals surface area contributed by atoms with Gasteiger partial charge in [0.25, 0.3) is 0 Å². The van der Waals surface area contributed by atoms with Gasteiger partial charge in [-0.2, -0.15) is 0 Å². The second kappa shape index (κ2) is 3.66. The molecule has 2 atom stereocenters. The second-order valence-corrected chi connectivity index (χ2v) is 4.30. The van der Waals surface area contributed by atoms with Crippen molar-refractivity contribution in [3.63, 3.8) is 0 Å². The van der Waals surface area contributed by atoms with Crippen molar-refractivity contribution >= 4 is 5.91 Å². The minimum Gasteiger partial charge on any atom is -0.342 e. The lowest BCUT2D eigenvalue weighted by Gasteiger charge is -2.19. The minimum absolute atomic E-state index is 0.244. The molecule has 2 aliphatic rings. The zero-order chi connectivity index (χ0) is 9.26. The summed E-state index contributed by atoms with van der Waals surface area (Å²) in [6.07, 6.45) is 5.32. The van der Waals surface area contributed by atoms with Crippen LogP contribution < -0.4 is 5.73 Å². The van der Waals surface area contributed by atoms with E-state index in [9.17, 15) is 4.79 Å². The zero-order valence-corrected chi connectivity index (χ0v) is 8.04. The maximum absolute atomic E-state index is 11.9. The Labute approximate surface area is 79.3 Å². The van der Waals surface area contributed by atoms with Crippen LogP contribution >= 0.6 is 0 Å². The first-order valence-electron chi connectivity index (χ1n) is 5.32. The largest absolute Gasteiger partial charge is 0.342 e. The van der Waals surface area contributed by atoms with E-state index in [-0.39, 0.29) is 12.0 Å². The Morgan fingerprint density at radius 3 is 2.46 bits per heavy atom. The number of amides is 1. The number of hydrogen-bond donors (Lipinski definition) is 1. The third kappa shape index (κ3) is 1.85. The lowest BCUT2D eigenvalue weighted by molar-refractivity contribution is -0.134. The highest BCUT2D eigenvalue weighted by Gasteiger charge is 2.31. The maximum Gasteiger partial charge on any atom is 0.225 e. The number of likely N-dealkylation sites (tertiary alicyclic amines) is 1. The fourth-order valence-corrected chi connectivity index (χ4v) is 2.44. The smallest absolute Gasteiger partial charge is 0.225 e. The molecule has 0 aromatic heterocycles. The topological polar surface area (TPSA) is 46.3 Å². The molecule has 13 heavy (non-hydrogen) atoms. The molecule has 74 valence electrons. The summed E-state index contributed by atoms with van der Waals surface area (Å²) in [4.78, 5) is 13.9. The van der Waals surface area contributed by atoms with Gasteiger partial charge >= 0.3 is 0 Å². The Bertz CT molecular complexity index is 199. The predicted octanol–water partition coefficient (Wildman–Crippen LogP) is 0.736. The molecule has 3 heteroatoms. The van der Waals surface area contributed by atoms with E-state index in [1.54, 1.807) is 0 Å². The molecule has 2 fully saturated rings. The first-order valence-corrected chi connectivity index (χ1v) is 5.32. The zero-order valence-electron chi connectivity index (χ0n) is 8.04. The summed E-state index contributed by atoms with van der Waals surface area (Å²) >= 11 is 0. The van der Waals surface area contributed by atoms with Crippen LogP contribution in [0.15, 0.2) is 0 Å². The summed E-state index contributed by atoms with van der Waals surface area (Å²) in [6, 6.07) is 0.275. The molecule has 0 unspecified atom stereocenters. The van der Waals surface area contributed by atoms with Gasteiger partial charge in [-0.25, -0.2) is 0 Å². The van der Waals surface area contributed by atoms with Crippen molar-refractivity contribution in [3.05, 3.63) is 0 Å². The van der Waals surface area contributed by atoms with E-state index in [4.69, 9.17) is 5.73 Å². The molecule has 1 heterocycles. The van der Waals surface area contributed by atoms with Gasteiger partial charge in [0.2, 0.25) is 5.91 Å². The quantitative estimate of drug-likeness (QED) is 0.650. The molecule has 0 bridgehead atoms. The summed E-state index contributed by atoms with van der Waals surface area (Å²) in [5.41, 5.74) is 5.79. The molecule has 0 spiro atoms. The Morgan fingerprint density at radius 1 is 1.23 bits per heavy atom. The SMILES string of the molecule is N[C@H]1CC[C@H](C(=O)N2CCCC2)C1. The van der Waals surface area contributed by atoms with Crippen LogP contribution in [0.3, 0.4) is 0 Å². The van der Waals surface area contributed by atoms with Crippen molar-refractivity contribution in [1.82, 2.24) is 4.90 Å². The molecule has 2 rings (SSSR count). The third-order valence-electron chi connectivity index (χ3n) is 3.24. The van der Waals surface area contributed by atoms with Gasteiger partial charge in [0, 0.05) is 25.0 Å². The normalized spacial score (nSPS) is 34.1. The fourth-order valence-electron chi connectivity index (χ4n) is 2.44. The summed E-state index contributed by atoms with van der Waals surface area (Å²) in [7, 11) is 0. The molecule has 0 radical (unpaired) electrons. The van der Waals surface area contributed by atoms with Gasteiger partial charge in [0.1, 0.15) is 0 Å². The average Bonchev–Trinajstić information content (AvgIpc) is 2.72. The monoisotopic (exact) mass is 182 g/mol. The first kappa shape index (κ1) is 9.00. The van der Waals surface area contributed by atoms with Gasteiger partial charge in [-0.05, 0) is 32.1 Å². The van der Waals surface area contributed by atoms with Crippen LogP contribution in [0, 0.1) is 5.92 Å². The average molecular weight is 182 g/mol. The van der Waals surface area contributed by atoms with Crippen molar-refractivity contribution in [3.8, 4) is 0 Å². The minimum atomic E-state index is 0.244. The number of nitrogens with zero attached hydrogens (tertiary/aromatic N) is 1. The molecule has 1 saturated carbocycles.